The lowest BCUT2D eigenvalue weighted by atomic mass is 9.88. The second-order valence-electron chi connectivity index (χ2n) is 7.68. The molecule has 0 aliphatic carbocycles. The van der Waals surface area contributed by atoms with Crippen molar-refractivity contribution in [1.82, 2.24) is 9.80 Å². The van der Waals surface area contributed by atoms with Crippen molar-refractivity contribution in [2.45, 2.75) is 38.1 Å². The molecule has 1 atom stereocenters. The first-order valence-corrected chi connectivity index (χ1v) is 9.35. The van der Waals surface area contributed by atoms with Gasteiger partial charge in [-0.3, -0.25) is 9.69 Å². The fraction of sp³-hybridized carbons (Fsp3) is 0.600. The van der Waals surface area contributed by atoms with Gasteiger partial charge in [0.25, 0.3) is 0 Å². The molecule has 0 radical (unpaired) electrons. The van der Waals surface area contributed by atoms with E-state index in [1.165, 1.54) is 0 Å². The molecule has 142 valence electrons. The van der Waals surface area contributed by atoms with Crippen LogP contribution >= 0.6 is 0 Å². The fourth-order valence-electron chi connectivity index (χ4n) is 4.00. The van der Waals surface area contributed by atoms with E-state index in [1.54, 1.807) is 18.2 Å². The second-order valence-corrected chi connectivity index (χ2v) is 7.68. The molecule has 2 fully saturated rings. The van der Waals surface area contributed by atoms with Gasteiger partial charge < -0.3 is 14.7 Å². The van der Waals surface area contributed by atoms with Crippen LogP contribution in [0.3, 0.4) is 0 Å². The number of ether oxygens (including phenoxy) is 1. The Bertz CT molecular complexity index is 668. The maximum absolute atomic E-state index is 13.2. The largest absolute Gasteiger partial charge is 0.478 e. The number of likely N-dealkylation sites (tertiary alicyclic amines) is 1. The number of nitrogens with zero attached hydrogens (tertiary/aromatic N) is 2. The van der Waals surface area contributed by atoms with Crippen LogP contribution in [0.2, 0.25) is 0 Å². The van der Waals surface area contributed by atoms with Crippen LogP contribution in [0.5, 0.6) is 0 Å². The van der Waals surface area contributed by atoms with E-state index in [2.05, 4.69) is 4.90 Å². The summed E-state index contributed by atoms with van der Waals surface area (Å²) in [6.07, 6.45) is 1.91. The summed E-state index contributed by atoms with van der Waals surface area (Å²) in [5.74, 6) is -0.574. The van der Waals surface area contributed by atoms with E-state index < -0.39 is 11.5 Å². The van der Waals surface area contributed by atoms with Crippen molar-refractivity contribution >= 4 is 11.9 Å². The number of piperidine rings is 1. The van der Waals surface area contributed by atoms with Crippen LogP contribution < -0.4 is 0 Å². The van der Waals surface area contributed by atoms with E-state index in [-0.39, 0.29) is 11.8 Å². The number of carboxylic acid groups (broad SMARTS) is 1. The first-order chi connectivity index (χ1) is 12.4. The minimum absolute atomic E-state index is 0.151. The van der Waals surface area contributed by atoms with E-state index >= 15 is 0 Å². The Hall–Kier alpha value is -1.92. The highest BCUT2D eigenvalue weighted by molar-refractivity contribution is 5.88. The highest BCUT2D eigenvalue weighted by atomic mass is 16.5. The van der Waals surface area contributed by atoms with Gasteiger partial charge >= 0.3 is 5.97 Å². The molecule has 1 N–H and O–H groups in total. The predicted octanol–water partition coefficient (Wildman–Crippen LogP) is 2.20. The number of carbonyl (C=O) groups excluding carboxylic acids is 1. The fourth-order valence-corrected chi connectivity index (χ4v) is 4.00. The molecule has 6 nitrogen and oxygen atoms in total. The molecule has 0 bridgehead atoms. The first-order valence-electron chi connectivity index (χ1n) is 9.35. The lowest BCUT2D eigenvalue weighted by Crippen LogP contribution is -2.60. The van der Waals surface area contributed by atoms with Crippen molar-refractivity contribution in [2.75, 3.05) is 39.4 Å². The standard InChI is InChI=1S/C20H28N2O4/c1-20(2,22-9-11-26-12-10-22)19(25)21-8-4-7-17(14-21)15-5-3-6-16(13-15)18(23)24/h3,5-6,13,17H,4,7-12,14H2,1-2H3,(H,23,24). The van der Waals surface area contributed by atoms with Crippen molar-refractivity contribution in [1.29, 1.82) is 0 Å². The van der Waals surface area contributed by atoms with E-state index in [9.17, 15) is 14.7 Å². The molecule has 3 rings (SSSR count). The maximum atomic E-state index is 13.2. The zero-order valence-corrected chi connectivity index (χ0v) is 15.6. The first kappa shape index (κ1) is 18.9. The Morgan fingerprint density at radius 1 is 1.19 bits per heavy atom. The van der Waals surface area contributed by atoms with Crippen LogP contribution in [0.4, 0.5) is 0 Å². The number of hydrogen-bond donors (Lipinski definition) is 1. The van der Waals surface area contributed by atoms with Gasteiger partial charge in [0.2, 0.25) is 5.91 Å². The Morgan fingerprint density at radius 2 is 1.92 bits per heavy atom. The minimum Gasteiger partial charge on any atom is -0.478 e. The lowest BCUT2D eigenvalue weighted by molar-refractivity contribution is -0.146. The number of hydrogen-bond acceptors (Lipinski definition) is 4. The Morgan fingerprint density at radius 3 is 2.62 bits per heavy atom. The van der Waals surface area contributed by atoms with Crippen LogP contribution in [0.15, 0.2) is 24.3 Å². The van der Waals surface area contributed by atoms with E-state index in [0.29, 0.717) is 25.3 Å². The third-order valence-electron chi connectivity index (χ3n) is 5.64. The third kappa shape index (κ3) is 3.91. The predicted molar refractivity (Wildman–Crippen MR) is 98.4 cm³/mol. The average molecular weight is 360 g/mol. The van der Waals surface area contributed by atoms with Crippen molar-refractivity contribution < 1.29 is 19.4 Å². The minimum atomic E-state index is -0.913. The normalized spacial score (nSPS) is 22.2. The quantitative estimate of drug-likeness (QED) is 0.891. The highest BCUT2D eigenvalue weighted by Crippen LogP contribution is 2.30. The molecular weight excluding hydrogens is 332 g/mol. The molecule has 2 saturated heterocycles. The molecule has 2 heterocycles. The van der Waals surface area contributed by atoms with Crippen LogP contribution in [0.25, 0.3) is 0 Å². The van der Waals surface area contributed by atoms with Gasteiger partial charge in [0.15, 0.2) is 0 Å². The SMILES string of the molecule is CC(C)(C(=O)N1CCCC(c2cccc(C(=O)O)c2)C1)N1CCOCC1. The number of rotatable bonds is 4. The molecule has 0 saturated carbocycles. The molecule has 1 aromatic carbocycles. The summed E-state index contributed by atoms with van der Waals surface area (Å²) in [6.45, 7) is 8.29. The van der Waals surface area contributed by atoms with E-state index in [1.807, 2.05) is 24.8 Å². The summed E-state index contributed by atoms with van der Waals surface area (Å²) >= 11 is 0. The summed E-state index contributed by atoms with van der Waals surface area (Å²) in [7, 11) is 0. The molecular formula is C20H28N2O4. The van der Waals surface area contributed by atoms with Crippen LogP contribution in [0.1, 0.15) is 48.5 Å². The summed E-state index contributed by atoms with van der Waals surface area (Å²) < 4.78 is 5.41. The van der Waals surface area contributed by atoms with Crippen molar-refractivity contribution in [3.63, 3.8) is 0 Å². The lowest BCUT2D eigenvalue weighted by Gasteiger charge is -2.44. The molecule has 6 heteroatoms. The molecule has 2 aliphatic rings. The summed E-state index contributed by atoms with van der Waals surface area (Å²) in [5.41, 5.74) is 0.764. The third-order valence-corrected chi connectivity index (χ3v) is 5.64. The van der Waals surface area contributed by atoms with Gasteiger partial charge in [0.1, 0.15) is 0 Å². The highest BCUT2D eigenvalue weighted by Gasteiger charge is 2.39. The molecule has 1 unspecified atom stereocenters. The van der Waals surface area contributed by atoms with E-state index in [4.69, 9.17) is 4.74 Å². The van der Waals surface area contributed by atoms with Crippen LogP contribution in [-0.2, 0) is 9.53 Å². The molecule has 0 aromatic heterocycles. The van der Waals surface area contributed by atoms with Crippen molar-refractivity contribution in [3.05, 3.63) is 35.4 Å². The summed E-state index contributed by atoms with van der Waals surface area (Å²) in [4.78, 5) is 28.6. The van der Waals surface area contributed by atoms with Gasteiger partial charge in [0, 0.05) is 32.1 Å². The van der Waals surface area contributed by atoms with Crippen molar-refractivity contribution in [3.8, 4) is 0 Å². The second kappa shape index (κ2) is 7.76. The van der Waals surface area contributed by atoms with Gasteiger partial charge in [-0.15, -0.1) is 0 Å². The van der Waals surface area contributed by atoms with Gasteiger partial charge in [-0.1, -0.05) is 12.1 Å². The van der Waals surface area contributed by atoms with Crippen molar-refractivity contribution in [2.24, 2.45) is 0 Å². The zero-order chi connectivity index (χ0) is 18.7. The molecule has 0 spiro atoms. The zero-order valence-electron chi connectivity index (χ0n) is 15.6. The number of carboxylic acids is 1. The van der Waals surface area contributed by atoms with Gasteiger partial charge in [-0.2, -0.15) is 0 Å². The summed E-state index contributed by atoms with van der Waals surface area (Å²) in [6, 6.07) is 7.11. The molecule has 26 heavy (non-hydrogen) atoms. The van der Waals surface area contributed by atoms with Gasteiger partial charge in [-0.25, -0.2) is 4.79 Å². The topological polar surface area (TPSA) is 70.1 Å². The van der Waals surface area contributed by atoms with Crippen LogP contribution in [0, 0.1) is 0 Å². The Labute approximate surface area is 154 Å². The number of carbonyl (C=O) groups is 2. The maximum Gasteiger partial charge on any atom is 0.335 e. The van der Waals surface area contributed by atoms with Gasteiger partial charge in [0.05, 0.1) is 24.3 Å². The number of amides is 1. The average Bonchev–Trinajstić information content (AvgIpc) is 2.68. The monoisotopic (exact) mass is 360 g/mol. The van der Waals surface area contributed by atoms with Crippen LogP contribution in [-0.4, -0.2) is 71.7 Å². The molecule has 1 aromatic rings. The molecule has 1 amide bonds. The van der Waals surface area contributed by atoms with Gasteiger partial charge in [-0.05, 0) is 44.4 Å². The van der Waals surface area contributed by atoms with E-state index in [0.717, 1.165) is 38.0 Å². The number of aromatic carboxylic acids is 1. The Kier molecular flexibility index (Phi) is 5.63. The molecule has 2 aliphatic heterocycles. The Balaban J connectivity index is 1.72. The smallest absolute Gasteiger partial charge is 0.335 e. The number of benzene rings is 1. The number of morpholine rings is 1. The summed E-state index contributed by atoms with van der Waals surface area (Å²) in [5, 5.41) is 9.22.